The molecule has 8 heteroatoms. The van der Waals surface area contributed by atoms with E-state index in [0.29, 0.717) is 35.5 Å². The summed E-state index contributed by atoms with van der Waals surface area (Å²) in [5, 5.41) is 17.8. The summed E-state index contributed by atoms with van der Waals surface area (Å²) in [4.78, 5) is 9.11. The summed E-state index contributed by atoms with van der Waals surface area (Å²) in [7, 11) is 1.93. The molecule has 1 fully saturated rings. The van der Waals surface area contributed by atoms with Gasteiger partial charge in [0, 0.05) is 52.7 Å². The van der Waals surface area contributed by atoms with Crippen LogP contribution in [-0.2, 0) is 13.5 Å². The van der Waals surface area contributed by atoms with E-state index in [0.717, 1.165) is 51.4 Å². The zero-order valence-electron chi connectivity index (χ0n) is 19.9. The molecule has 0 spiro atoms. The van der Waals surface area contributed by atoms with Gasteiger partial charge >= 0.3 is 0 Å². The molecule has 0 radical (unpaired) electrons. The Hall–Kier alpha value is -2.03. The number of aryl methyl sites for hydroxylation is 1. The lowest BCUT2D eigenvalue weighted by molar-refractivity contribution is 0.0887. The number of aromatic nitrogens is 4. The monoisotopic (exact) mass is 442 g/mol. The first kappa shape index (κ1) is 23.1. The molecule has 0 bridgehead atoms. The van der Waals surface area contributed by atoms with Crippen molar-refractivity contribution in [2.24, 2.45) is 30.7 Å². The lowest BCUT2D eigenvalue weighted by Crippen LogP contribution is -2.49. The summed E-state index contributed by atoms with van der Waals surface area (Å²) in [6.45, 7) is 13.5. The van der Waals surface area contributed by atoms with Crippen molar-refractivity contribution in [3.8, 4) is 11.6 Å². The molecule has 1 aliphatic heterocycles. The molecule has 3 atom stereocenters. The molecule has 3 heterocycles. The van der Waals surface area contributed by atoms with E-state index in [1.165, 1.54) is 12.0 Å². The molecule has 2 aromatic rings. The van der Waals surface area contributed by atoms with Crippen LogP contribution in [0.5, 0.6) is 0 Å². The summed E-state index contributed by atoms with van der Waals surface area (Å²) in [6.07, 6.45) is 7.98. The molecule has 0 unspecified atom stereocenters. The standard InChI is InChI=1S/C24H38N6O2/c1-17(2)21-12-19(13-23-26-27-24(32-23)22-14-25-16-28(22)4)18(3)11-20(21)15-30-7-5-29(6-8-30)9-10-31/h11,14,16-17,19-21,31H,5-10,12-13,15H2,1-4H3/t19-,20-,21-/m0/s1. The second-order valence-electron chi connectivity index (χ2n) is 9.88. The van der Waals surface area contributed by atoms with Crippen molar-refractivity contribution in [3.05, 3.63) is 30.1 Å². The van der Waals surface area contributed by atoms with Crippen molar-refractivity contribution in [1.82, 2.24) is 29.5 Å². The average molecular weight is 443 g/mol. The minimum absolute atomic E-state index is 0.255. The predicted octanol–water partition coefficient (Wildman–Crippen LogP) is 2.48. The van der Waals surface area contributed by atoms with Crippen LogP contribution >= 0.6 is 0 Å². The molecule has 8 nitrogen and oxygen atoms in total. The minimum Gasteiger partial charge on any atom is -0.419 e. The first-order chi connectivity index (χ1) is 15.4. The van der Waals surface area contributed by atoms with Gasteiger partial charge in [-0.25, -0.2) is 4.98 Å². The second kappa shape index (κ2) is 10.3. The number of imidazole rings is 1. The molecule has 0 aromatic carbocycles. The zero-order valence-corrected chi connectivity index (χ0v) is 19.9. The highest BCUT2D eigenvalue weighted by Crippen LogP contribution is 2.39. The first-order valence-electron chi connectivity index (χ1n) is 12.0. The molecule has 176 valence electrons. The van der Waals surface area contributed by atoms with Crippen LogP contribution < -0.4 is 0 Å². The molecule has 0 amide bonds. The van der Waals surface area contributed by atoms with Gasteiger partial charge < -0.3 is 19.0 Å². The minimum atomic E-state index is 0.255. The number of hydrogen-bond donors (Lipinski definition) is 1. The van der Waals surface area contributed by atoms with Crippen LogP contribution in [0.4, 0.5) is 0 Å². The third kappa shape index (κ3) is 5.30. The fourth-order valence-corrected chi connectivity index (χ4v) is 5.33. The number of rotatable bonds is 8. The van der Waals surface area contributed by atoms with Crippen LogP contribution in [0, 0.1) is 23.7 Å². The summed E-state index contributed by atoms with van der Waals surface area (Å²) in [5.41, 5.74) is 2.30. The Kier molecular flexibility index (Phi) is 7.43. The summed E-state index contributed by atoms with van der Waals surface area (Å²) < 4.78 is 7.89. The van der Waals surface area contributed by atoms with E-state index >= 15 is 0 Å². The Morgan fingerprint density at radius 3 is 2.56 bits per heavy atom. The fraction of sp³-hybridized carbons (Fsp3) is 0.708. The van der Waals surface area contributed by atoms with Gasteiger partial charge in [0.25, 0.3) is 5.89 Å². The van der Waals surface area contributed by atoms with Crippen LogP contribution in [0.2, 0.25) is 0 Å². The first-order valence-corrected chi connectivity index (χ1v) is 12.0. The Labute approximate surface area is 191 Å². The van der Waals surface area contributed by atoms with Gasteiger partial charge in [-0.2, -0.15) is 0 Å². The van der Waals surface area contributed by atoms with E-state index in [-0.39, 0.29) is 6.61 Å². The van der Waals surface area contributed by atoms with E-state index in [9.17, 15) is 5.11 Å². The number of piperazine rings is 1. The maximum atomic E-state index is 9.18. The lowest BCUT2D eigenvalue weighted by Gasteiger charge is -2.41. The largest absolute Gasteiger partial charge is 0.419 e. The van der Waals surface area contributed by atoms with Crippen molar-refractivity contribution in [3.63, 3.8) is 0 Å². The highest BCUT2D eigenvalue weighted by atomic mass is 16.4. The number of nitrogens with zero attached hydrogens (tertiary/aromatic N) is 6. The van der Waals surface area contributed by atoms with E-state index in [4.69, 9.17) is 4.42 Å². The Morgan fingerprint density at radius 2 is 1.91 bits per heavy atom. The lowest BCUT2D eigenvalue weighted by atomic mass is 9.69. The Morgan fingerprint density at radius 1 is 1.16 bits per heavy atom. The molecular weight excluding hydrogens is 404 g/mol. The molecule has 2 aromatic heterocycles. The number of aliphatic hydroxyl groups excluding tert-OH is 1. The van der Waals surface area contributed by atoms with Gasteiger partial charge in [-0.3, -0.25) is 4.90 Å². The third-order valence-electron chi connectivity index (χ3n) is 7.36. The molecule has 4 rings (SSSR count). The third-order valence-corrected chi connectivity index (χ3v) is 7.36. The summed E-state index contributed by atoms with van der Waals surface area (Å²) in [6, 6.07) is 0. The van der Waals surface area contributed by atoms with Gasteiger partial charge in [0.1, 0.15) is 5.69 Å². The van der Waals surface area contributed by atoms with Crippen LogP contribution in [0.25, 0.3) is 11.6 Å². The van der Waals surface area contributed by atoms with Gasteiger partial charge in [-0.1, -0.05) is 25.5 Å². The Balaban J connectivity index is 1.40. The fourth-order valence-electron chi connectivity index (χ4n) is 5.33. The Bertz CT molecular complexity index is 896. The highest BCUT2D eigenvalue weighted by molar-refractivity contribution is 5.44. The van der Waals surface area contributed by atoms with Gasteiger partial charge in [-0.15, -0.1) is 10.2 Å². The van der Waals surface area contributed by atoms with E-state index in [2.05, 4.69) is 51.8 Å². The number of allylic oxidation sites excluding steroid dienone is 1. The molecule has 2 aliphatic rings. The van der Waals surface area contributed by atoms with Crippen LogP contribution in [0.1, 0.15) is 33.1 Å². The van der Waals surface area contributed by atoms with Crippen LogP contribution in [0.3, 0.4) is 0 Å². The van der Waals surface area contributed by atoms with E-state index in [1.54, 1.807) is 12.5 Å². The van der Waals surface area contributed by atoms with Crippen LogP contribution in [-0.4, -0.2) is 80.5 Å². The predicted molar refractivity (Wildman–Crippen MR) is 124 cm³/mol. The van der Waals surface area contributed by atoms with Crippen molar-refractivity contribution in [1.29, 1.82) is 0 Å². The molecular formula is C24H38N6O2. The highest BCUT2D eigenvalue weighted by Gasteiger charge is 2.34. The smallest absolute Gasteiger partial charge is 0.265 e. The number of aliphatic hydroxyl groups is 1. The van der Waals surface area contributed by atoms with E-state index < -0.39 is 0 Å². The average Bonchev–Trinajstić information content (AvgIpc) is 3.40. The van der Waals surface area contributed by atoms with Gasteiger partial charge in [0.05, 0.1) is 19.1 Å². The summed E-state index contributed by atoms with van der Waals surface area (Å²) >= 11 is 0. The van der Waals surface area contributed by atoms with Crippen LogP contribution in [0.15, 0.2) is 28.6 Å². The van der Waals surface area contributed by atoms with Crippen molar-refractivity contribution >= 4 is 0 Å². The van der Waals surface area contributed by atoms with Crippen molar-refractivity contribution in [2.75, 3.05) is 45.9 Å². The van der Waals surface area contributed by atoms with Crippen molar-refractivity contribution in [2.45, 2.75) is 33.6 Å². The maximum absolute atomic E-state index is 9.18. The van der Waals surface area contributed by atoms with Crippen molar-refractivity contribution < 1.29 is 9.52 Å². The molecule has 1 N–H and O–H groups in total. The second-order valence-corrected chi connectivity index (χ2v) is 9.88. The van der Waals surface area contributed by atoms with Gasteiger partial charge in [0.2, 0.25) is 5.89 Å². The quantitative estimate of drug-likeness (QED) is 0.629. The zero-order chi connectivity index (χ0) is 22.7. The topological polar surface area (TPSA) is 83.5 Å². The molecule has 1 saturated heterocycles. The SMILES string of the molecule is CC1=C[C@@H](CN2CCN(CCO)CC2)[C@H](C(C)C)C[C@H]1Cc1nnc(-c2cncn2C)o1. The summed E-state index contributed by atoms with van der Waals surface area (Å²) in [5.74, 6) is 3.56. The maximum Gasteiger partial charge on any atom is 0.265 e. The van der Waals surface area contributed by atoms with Gasteiger partial charge in [-0.05, 0) is 37.0 Å². The normalized spacial score (nSPS) is 25.4. The molecule has 32 heavy (non-hydrogen) atoms. The molecule has 0 saturated carbocycles. The van der Waals surface area contributed by atoms with Gasteiger partial charge in [0.15, 0.2) is 0 Å². The number of hydrogen-bond acceptors (Lipinski definition) is 7. The molecule has 1 aliphatic carbocycles. The van der Waals surface area contributed by atoms with E-state index in [1.807, 2.05) is 11.6 Å². The number of β-amino-alcohol motifs (C(OH)–C–C–N with tert-alkyl or cyclic N) is 1.